The minimum atomic E-state index is -1.41. The van der Waals surface area contributed by atoms with Crippen molar-refractivity contribution in [1.29, 1.82) is 0 Å². The predicted molar refractivity (Wildman–Crippen MR) is 50.1 cm³/mol. The van der Waals surface area contributed by atoms with Gasteiger partial charge in [-0.3, -0.25) is 0 Å². The van der Waals surface area contributed by atoms with Gasteiger partial charge < -0.3 is 17.0 Å². The Labute approximate surface area is 101 Å². The minimum Gasteiger partial charge on any atom is -1.00 e. The van der Waals surface area contributed by atoms with Gasteiger partial charge in [-0.25, -0.2) is 0 Å². The molecule has 1 nitrogen and oxygen atoms in total. The van der Waals surface area contributed by atoms with Crippen molar-refractivity contribution in [3.63, 3.8) is 0 Å². The second-order valence-corrected chi connectivity index (χ2v) is 10.0. The molecule has 0 bridgehead atoms. The van der Waals surface area contributed by atoms with Crippen molar-refractivity contribution < 1.29 is 39.7 Å². The normalized spacial score (nSPS) is 10.5. The molecule has 13 heavy (non-hydrogen) atoms. The quantitative estimate of drug-likeness (QED) is 0.642. The molecule has 0 aliphatic heterocycles. The first-order valence-corrected chi connectivity index (χ1v) is 8.97. The Morgan fingerprint density at radius 2 is 1.54 bits per heavy atom. The fourth-order valence-corrected chi connectivity index (χ4v) is 2.25. The SMILES string of the molecule is C[Si](C)(C)Oc1cc[c]([Zn+])cc1.[Br-]. The van der Waals surface area contributed by atoms with Gasteiger partial charge in [0.25, 0.3) is 0 Å². The van der Waals surface area contributed by atoms with Gasteiger partial charge in [0, 0.05) is 0 Å². The van der Waals surface area contributed by atoms with Crippen LogP contribution in [-0.4, -0.2) is 8.32 Å². The molecule has 0 saturated heterocycles. The van der Waals surface area contributed by atoms with Gasteiger partial charge in [0.15, 0.2) is 0 Å². The third-order valence-electron chi connectivity index (χ3n) is 1.35. The predicted octanol–water partition coefficient (Wildman–Crippen LogP) is -0.924. The Morgan fingerprint density at radius 3 is 1.92 bits per heavy atom. The van der Waals surface area contributed by atoms with E-state index in [2.05, 4.69) is 43.9 Å². The molecule has 0 aliphatic carbocycles. The molecule has 0 spiro atoms. The molecule has 68 valence electrons. The average molecular weight is 311 g/mol. The van der Waals surface area contributed by atoms with Crippen LogP contribution in [0.2, 0.25) is 19.6 Å². The van der Waals surface area contributed by atoms with Crippen LogP contribution in [0.5, 0.6) is 5.75 Å². The van der Waals surface area contributed by atoms with Crippen molar-refractivity contribution in [2.75, 3.05) is 0 Å². The van der Waals surface area contributed by atoms with Crippen LogP contribution in [0.3, 0.4) is 0 Å². The zero-order valence-corrected chi connectivity index (χ0v) is 13.9. The van der Waals surface area contributed by atoms with Crippen LogP contribution in [-0.2, 0) is 18.3 Å². The Balaban J connectivity index is 0.00000144. The van der Waals surface area contributed by atoms with E-state index in [1.54, 1.807) is 0 Å². The second kappa shape index (κ2) is 5.28. The Bertz CT molecular complexity index is 255. The van der Waals surface area contributed by atoms with E-state index < -0.39 is 8.32 Å². The summed E-state index contributed by atoms with van der Waals surface area (Å²) in [6, 6.07) is 8.40. The number of hydrogen-bond donors (Lipinski definition) is 0. The van der Waals surface area contributed by atoms with Gasteiger partial charge in [-0.15, -0.1) is 0 Å². The summed E-state index contributed by atoms with van der Waals surface area (Å²) >= 11 is 1.22. The summed E-state index contributed by atoms with van der Waals surface area (Å²) in [5.74, 6) is 1.02. The van der Waals surface area contributed by atoms with Crippen molar-refractivity contribution >= 4 is 12.5 Å². The molecule has 0 aromatic heterocycles. The summed E-state index contributed by atoms with van der Waals surface area (Å²) in [4.78, 5) is 0. The van der Waals surface area contributed by atoms with E-state index in [4.69, 9.17) is 4.43 Å². The van der Waals surface area contributed by atoms with E-state index in [-0.39, 0.29) is 17.0 Å². The van der Waals surface area contributed by atoms with E-state index >= 15 is 0 Å². The molecule has 0 atom stereocenters. The van der Waals surface area contributed by atoms with E-state index in [1.165, 1.54) is 22.5 Å². The van der Waals surface area contributed by atoms with Gasteiger partial charge in [-0.1, -0.05) is 0 Å². The van der Waals surface area contributed by atoms with Crippen molar-refractivity contribution in [2.45, 2.75) is 19.6 Å². The van der Waals surface area contributed by atoms with Crippen LogP contribution in [0.25, 0.3) is 0 Å². The third kappa shape index (κ3) is 5.61. The van der Waals surface area contributed by atoms with Gasteiger partial charge in [-0.2, -0.15) is 0 Å². The van der Waals surface area contributed by atoms with E-state index in [0.717, 1.165) is 5.75 Å². The summed E-state index contributed by atoms with van der Waals surface area (Å²) in [6.45, 7) is 6.59. The molecule has 0 N–H and O–H groups in total. The van der Waals surface area contributed by atoms with Crippen LogP contribution in [0.1, 0.15) is 0 Å². The molecule has 0 amide bonds. The molecule has 0 aliphatic rings. The molecule has 0 radical (unpaired) electrons. The van der Waals surface area contributed by atoms with Gasteiger partial charge >= 0.3 is 84.9 Å². The summed E-state index contributed by atoms with van der Waals surface area (Å²) in [6.07, 6.45) is 0. The fraction of sp³-hybridized carbons (Fsp3) is 0.333. The Hall–Kier alpha value is 0.340. The summed E-state index contributed by atoms with van der Waals surface area (Å²) in [5, 5.41) is 0. The standard InChI is InChI=1S/C9H13OSi.BrH.Zn/c1-11(2,3)10-9-7-5-4-6-8-9;;/h5-8H,1-3H3;1H;/q;;+1/p-1. The number of rotatable bonds is 2. The summed E-state index contributed by atoms with van der Waals surface area (Å²) < 4.78 is 7.21. The second-order valence-electron chi connectivity index (χ2n) is 3.86. The minimum absolute atomic E-state index is 0. The monoisotopic (exact) mass is 308 g/mol. The third-order valence-corrected chi connectivity index (χ3v) is 3.18. The topological polar surface area (TPSA) is 9.23 Å². The first-order chi connectivity index (χ1) is 5.47. The molecule has 1 rings (SSSR count). The molecule has 1 aromatic carbocycles. The van der Waals surface area contributed by atoms with Crippen LogP contribution >= 0.6 is 0 Å². The number of benzene rings is 1. The first kappa shape index (κ1) is 13.3. The summed E-state index contributed by atoms with van der Waals surface area (Å²) in [7, 11) is -1.41. The van der Waals surface area contributed by atoms with E-state index in [9.17, 15) is 0 Å². The van der Waals surface area contributed by atoms with Gasteiger partial charge in [0.05, 0.1) is 0 Å². The van der Waals surface area contributed by atoms with Crippen molar-refractivity contribution in [3.8, 4) is 5.75 Å². The van der Waals surface area contributed by atoms with E-state index in [0.29, 0.717) is 0 Å². The fourth-order valence-electron chi connectivity index (χ4n) is 0.911. The average Bonchev–Trinajstić information content (AvgIpc) is 1.91. The van der Waals surface area contributed by atoms with Crippen molar-refractivity contribution in [1.82, 2.24) is 0 Å². The van der Waals surface area contributed by atoms with Crippen LogP contribution in [0.4, 0.5) is 0 Å². The molecule has 1 aromatic rings. The van der Waals surface area contributed by atoms with Gasteiger partial charge in [-0.05, 0) is 0 Å². The maximum Gasteiger partial charge on any atom is -1.00 e. The molecule has 0 heterocycles. The molecule has 0 saturated carbocycles. The number of halogens is 1. The zero-order chi connectivity index (χ0) is 9.19. The zero-order valence-electron chi connectivity index (χ0n) is 8.30. The molecule has 0 unspecified atom stereocenters. The Morgan fingerprint density at radius 1 is 1.08 bits per heavy atom. The Kier molecular flexibility index (Phi) is 5.42. The maximum absolute atomic E-state index is 5.81. The van der Waals surface area contributed by atoms with Crippen LogP contribution in [0.15, 0.2) is 24.3 Å². The van der Waals surface area contributed by atoms with Crippen LogP contribution < -0.4 is 25.6 Å². The first-order valence-electron chi connectivity index (χ1n) is 4.08. The maximum atomic E-state index is 5.81. The molecular weight excluding hydrogens is 297 g/mol. The smallest absolute Gasteiger partial charge is 1.00 e. The molecular formula is C9H13BrOSiZn. The number of hydrogen-bond acceptors (Lipinski definition) is 1. The molecule has 4 heteroatoms. The van der Waals surface area contributed by atoms with E-state index in [1.807, 2.05) is 0 Å². The molecule has 0 fully saturated rings. The van der Waals surface area contributed by atoms with Crippen molar-refractivity contribution in [3.05, 3.63) is 24.3 Å². The largest absolute Gasteiger partial charge is 1.00 e. The van der Waals surface area contributed by atoms with Crippen molar-refractivity contribution in [2.24, 2.45) is 0 Å². The summed E-state index contributed by atoms with van der Waals surface area (Å²) in [5.41, 5.74) is 0. The van der Waals surface area contributed by atoms with Gasteiger partial charge in [0.2, 0.25) is 0 Å². The van der Waals surface area contributed by atoms with Gasteiger partial charge in [0.1, 0.15) is 0 Å². The van der Waals surface area contributed by atoms with Crippen LogP contribution in [0, 0.1) is 0 Å².